The number of fused-ring (bicyclic) bond motifs is 1. The molecule has 0 aliphatic carbocycles. The topological polar surface area (TPSA) is 86.9 Å². The van der Waals surface area contributed by atoms with E-state index in [1.165, 1.54) is 0 Å². The van der Waals surface area contributed by atoms with Gasteiger partial charge in [0.1, 0.15) is 0 Å². The molecule has 25 heavy (non-hydrogen) atoms. The van der Waals surface area contributed by atoms with Gasteiger partial charge < -0.3 is 15.6 Å². The average molecular weight is 336 g/mol. The van der Waals surface area contributed by atoms with Crippen molar-refractivity contribution < 1.29 is 4.79 Å². The van der Waals surface area contributed by atoms with Crippen LogP contribution in [0.25, 0.3) is 10.8 Å². The first-order valence-corrected chi connectivity index (χ1v) is 8.08. The van der Waals surface area contributed by atoms with Gasteiger partial charge in [-0.2, -0.15) is 0 Å². The summed E-state index contributed by atoms with van der Waals surface area (Å²) in [6.45, 7) is 4.18. The summed E-state index contributed by atoms with van der Waals surface area (Å²) >= 11 is 0. The molecule has 2 heterocycles. The number of nitrogens with one attached hydrogen (secondary N) is 3. The van der Waals surface area contributed by atoms with Crippen molar-refractivity contribution in [2.24, 2.45) is 0 Å². The fraction of sp³-hybridized carbons (Fsp3) is 0.211. The minimum absolute atomic E-state index is 0.173. The van der Waals surface area contributed by atoms with E-state index in [0.717, 1.165) is 27.7 Å². The molecule has 6 heteroatoms. The highest BCUT2D eigenvalue weighted by atomic mass is 16.2. The van der Waals surface area contributed by atoms with E-state index in [-0.39, 0.29) is 18.1 Å². The SMILES string of the molecule is Cc1cc(C)c(CNC(=O)NCc2nccc3ccccc23)c(=O)[nH]1. The van der Waals surface area contributed by atoms with Crippen LogP contribution in [0.3, 0.4) is 0 Å². The molecule has 0 unspecified atom stereocenters. The number of carbonyl (C=O) groups excluding carboxylic acids is 1. The molecule has 0 saturated carbocycles. The first-order valence-electron chi connectivity index (χ1n) is 8.08. The van der Waals surface area contributed by atoms with E-state index in [4.69, 9.17) is 0 Å². The Kier molecular flexibility index (Phi) is 4.79. The number of aromatic nitrogens is 2. The summed E-state index contributed by atoms with van der Waals surface area (Å²) in [5.41, 5.74) is 2.85. The second-order valence-corrected chi connectivity index (χ2v) is 5.96. The Morgan fingerprint density at radius 2 is 1.88 bits per heavy atom. The molecule has 2 aromatic heterocycles. The number of pyridine rings is 2. The van der Waals surface area contributed by atoms with Crippen LogP contribution in [0.15, 0.2) is 47.4 Å². The average Bonchev–Trinajstić information content (AvgIpc) is 2.59. The van der Waals surface area contributed by atoms with Gasteiger partial charge in [-0.3, -0.25) is 9.78 Å². The number of aryl methyl sites for hydroxylation is 2. The van der Waals surface area contributed by atoms with Gasteiger partial charge in [0.15, 0.2) is 0 Å². The second-order valence-electron chi connectivity index (χ2n) is 5.96. The van der Waals surface area contributed by atoms with Gasteiger partial charge in [-0.05, 0) is 36.9 Å². The van der Waals surface area contributed by atoms with Gasteiger partial charge in [0, 0.05) is 22.8 Å². The van der Waals surface area contributed by atoms with Crippen LogP contribution in [0.4, 0.5) is 4.79 Å². The Morgan fingerprint density at radius 1 is 1.12 bits per heavy atom. The highest BCUT2D eigenvalue weighted by Gasteiger charge is 2.08. The fourth-order valence-electron chi connectivity index (χ4n) is 2.82. The lowest BCUT2D eigenvalue weighted by atomic mass is 10.1. The van der Waals surface area contributed by atoms with Crippen molar-refractivity contribution >= 4 is 16.8 Å². The normalized spacial score (nSPS) is 10.6. The highest BCUT2D eigenvalue weighted by Crippen LogP contribution is 2.15. The minimum Gasteiger partial charge on any atom is -0.334 e. The Bertz CT molecular complexity index is 973. The zero-order chi connectivity index (χ0) is 17.8. The third kappa shape index (κ3) is 3.85. The zero-order valence-electron chi connectivity index (χ0n) is 14.2. The summed E-state index contributed by atoms with van der Waals surface area (Å²) in [6, 6.07) is 11.4. The first-order chi connectivity index (χ1) is 12.0. The van der Waals surface area contributed by atoms with Crippen LogP contribution >= 0.6 is 0 Å². The summed E-state index contributed by atoms with van der Waals surface area (Å²) in [6.07, 6.45) is 1.73. The quantitative estimate of drug-likeness (QED) is 0.684. The number of rotatable bonds is 4. The van der Waals surface area contributed by atoms with E-state index >= 15 is 0 Å². The molecular weight excluding hydrogens is 316 g/mol. The molecule has 0 bridgehead atoms. The van der Waals surface area contributed by atoms with Gasteiger partial charge in [-0.15, -0.1) is 0 Å². The van der Waals surface area contributed by atoms with Crippen LogP contribution < -0.4 is 16.2 Å². The van der Waals surface area contributed by atoms with Gasteiger partial charge in [0.2, 0.25) is 0 Å². The largest absolute Gasteiger partial charge is 0.334 e. The molecule has 0 aliphatic heterocycles. The molecule has 0 aliphatic rings. The molecule has 2 amide bonds. The second kappa shape index (κ2) is 7.17. The number of nitrogens with zero attached hydrogens (tertiary/aromatic N) is 1. The van der Waals surface area contributed by atoms with Gasteiger partial charge in [0.25, 0.3) is 5.56 Å². The van der Waals surface area contributed by atoms with E-state index in [1.54, 1.807) is 6.20 Å². The summed E-state index contributed by atoms with van der Waals surface area (Å²) in [5, 5.41) is 7.60. The molecule has 6 nitrogen and oxygen atoms in total. The molecule has 0 fully saturated rings. The van der Waals surface area contributed by atoms with Gasteiger partial charge >= 0.3 is 6.03 Å². The van der Waals surface area contributed by atoms with Gasteiger partial charge in [-0.1, -0.05) is 24.3 Å². The fourth-order valence-corrected chi connectivity index (χ4v) is 2.82. The van der Waals surface area contributed by atoms with Gasteiger partial charge in [0.05, 0.1) is 18.8 Å². The monoisotopic (exact) mass is 336 g/mol. The van der Waals surface area contributed by atoms with E-state index in [9.17, 15) is 9.59 Å². The third-order valence-corrected chi connectivity index (χ3v) is 4.09. The van der Waals surface area contributed by atoms with Crippen molar-refractivity contribution in [2.75, 3.05) is 0 Å². The molecule has 0 radical (unpaired) electrons. The molecule has 1 aromatic carbocycles. The summed E-state index contributed by atoms with van der Waals surface area (Å²) in [5.74, 6) is 0. The molecular formula is C19H20N4O2. The van der Waals surface area contributed by atoms with Crippen LogP contribution in [0.1, 0.15) is 22.5 Å². The first kappa shape index (κ1) is 16.7. The van der Waals surface area contributed by atoms with Crippen LogP contribution in [0, 0.1) is 13.8 Å². The standard InChI is InChI=1S/C19H20N4O2/c1-12-9-13(2)23-18(24)16(12)10-21-19(25)22-11-17-15-6-4-3-5-14(15)7-8-20-17/h3-9H,10-11H2,1-2H3,(H,23,24)(H2,21,22,25). The third-order valence-electron chi connectivity index (χ3n) is 4.09. The van der Waals surface area contributed by atoms with Crippen molar-refractivity contribution in [3.05, 3.63) is 75.5 Å². The lowest BCUT2D eigenvalue weighted by Crippen LogP contribution is -2.36. The number of H-pyrrole nitrogens is 1. The molecule has 0 saturated heterocycles. The van der Waals surface area contributed by atoms with Crippen molar-refractivity contribution in [1.29, 1.82) is 0 Å². The number of benzene rings is 1. The summed E-state index contributed by atoms with van der Waals surface area (Å²) in [7, 11) is 0. The predicted molar refractivity (Wildman–Crippen MR) is 97.4 cm³/mol. The number of urea groups is 1. The van der Waals surface area contributed by atoms with E-state index in [2.05, 4.69) is 20.6 Å². The number of hydrogen-bond acceptors (Lipinski definition) is 3. The van der Waals surface area contributed by atoms with Crippen LogP contribution in [0.5, 0.6) is 0 Å². The van der Waals surface area contributed by atoms with Crippen molar-refractivity contribution in [3.8, 4) is 0 Å². The zero-order valence-corrected chi connectivity index (χ0v) is 14.2. The Morgan fingerprint density at radius 3 is 2.68 bits per heavy atom. The minimum atomic E-state index is -0.339. The number of hydrogen-bond donors (Lipinski definition) is 3. The maximum absolute atomic E-state index is 12.1. The van der Waals surface area contributed by atoms with Crippen molar-refractivity contribution in [3.63, 3.8) is 0 Å². The van der Waals surface area contributed by atoms with Crippen LogP contribution in [-0.2, 0) is 13.1 Å². The number of carbonyl (C=O) groups is 1. The summed E-state index contributed by atoms with van der Waals surface area (Å²) < 4.78 is 0. The summed E-state index contributed by atoms with van der Waals surface area (Å²) in [4.78, 5) is 31.1. The highest BCUT2D eigenvalue weighted by molar-refractivity contribution is 5.84. The Labute approximate surface area is 145 Å². The van der Waals surface area contributed by atoms with E-state index in [0.29, 0.717) is 12.1 Å². The lowest BCUT2D eigenvalue weighted by Gasteiger charge is -2.10. The number of aromatic amines is 1. The van der Waals surface area contributed by atoms with Gasteiger partial charge in [-0.25, -0.2) is 4.79 Å². The predicted octanol–water partition coefficient (Wildman–Crippen LogP) is 2.54. The van der Waals surface area contributed by atoms with Crippen LogP contribution in [-0.4, -0.2) is 16.0 Å². The molecule has 3 N–H and O–H groups in total. The number of amides is 2. The molecule has 0 spiro atoms. The van der Waals surface area contributed by atoms with Crippen molar-refractivity contribution in [2.45, 2.75) is 26.9 Å². The molecule has 0 atom stereocenters. The molecule has 3 aromatic rings. The van der Waals surface area contributed by atoms with Crippen LogP contribution in [0.2, 0.25) is 0 Å². The van der Waals surface area contributed by atoms with E-state index < -0.39 is 0 Å². The van der Waals surface area contributed by atoms with E-state index in [1.807, 2.05) is 50.2 Å². The molecule has 128 valence electrons. The molecule has 3 rings (SSSR count). The smallest absolute Gasteiger partial charge is 0.315 e. The maximum atomic E-state index is 12.1. The Balaban J connectivity index is 1.63. The van der Waals surface area contributed by atoms with Crippen molar-refractivity contribution in [1.82, 2.24) is 20.6 Å². The Hall–Kier alpha value is -3.15. The lowest BCUT2D eigenvalue weighted by molar-refractivity contribution is 0.240. The maximum Gasteiger partial charge on any atom is 0.315 e.